The molecular formula is C7H17N2+. The summed E-state index contributed by atoms with van der Waals surface area (Å²) in [6, 6.07) is 0. The van der Waals surface area contributed by atoms with Crippen LogP contribution in [-0.4, -0.2) is 50.4 Å². The zero-order valence-electron chi connectivity index (χ0n) is 6.89. The van der Waals surface area contributed by atoms with Crippen molar-refractivity contribution in [3.63, 3.8) is 0 Å². The van der Waals surface area contributed by atoms with Crippen LogP contribution in [0, 0.1) is 0 Å². The minimum absolute atomic E-state index is 1.14. The maximum Gasteiger partial charge on any atom is 0.140 e. The molecule has 0 aliphatic heterocycles. The maximum absolute atomic E-state index is 2.18. The Balaban J connectivity index is 3.20. The van der Waals surface area contributed by atoms with Gasteiger partial charge in [-0.25, -0.2) is 4.58 Å². The lowest BCUT2D eigenvalue weighted by Crippen LogP contribution is -2.14. The van der Waals surface area contributed by atoms with Gasteiger partial charge < -0.3 is 4.90 Å². The Morgan fingerprint density at radius 3 is 2.22 bits per heavy atom. The maximum atomic E-state index is 2.18. The van der Waals surface area contributed by atoms with Crippen LogP contribution in [0.15, 0.2) is 0 Å². The summed E-state index contributed by atoms with van der Waals surface area (Å²) in [4.78, 5) is 2.18. The van der Waals surface area contributed by atoms with Gasteiger partial charge in [0.25, 0.3) is 0 Å². The van der Waals surface area contributed by atoms with Crippen molar-refractivity contribution in [3.8, 4) is 0 Å². The molecule has 0 spiro atoms. The minimum Gasteiger partial charge on any atom is -0.309 e. The smallest absolute Gasteiger partial charge is 0.140 e. The van der Waals surface area contributed by atoms with Crippen molar-refractivity contribution >= 4 is 6.21 Å². The second-order valence-electron chi connectivity index (χ2n) is 2.74. The van der Waals surface area contributed by atoms with Crippen LogP contribution in [-0.2, 0) is 0 Å². The van der Waals surface area contributed by atoms with Crippen LogP contribution in [0.3, 0.4) is 0 Å². The predicted octanol–water partition coefficient (Wildman–Crippen LogP) is 0.281. The van der Waals surface area contributed by atoms with E-state index in [2.05, 4.69) is 43.9 Å². The first kappa shape index (κ1) is 8.63. The first-order chi connectivity index (χ1) is 4.13. The predicted molar refractivity (Wildman–Crippen MR) is 41.3 cm³/mol. The van der Waals surface area contributed by atoms with Crippen molar-refractivity contribution in [3.05, 3.63) is 0 Å². The molecule has 0 saturated carbocycles. The van der Waals surface area contributed by atoms with E-state index in [1.807, 2.05) is 0 Å². The van der Waals surface area contributed by atoms with Gasteiger partial charge in [0.2, 0.25) is 0 Å². The number of hydrogen-bond acceptors (Lipinski definition) is 1. The summed E-state index contributed by atoms with van der Waals surface area (Å²) in [6.07, 6.45) is 3.32. The fourth-order valence-corrected chi connectivity index (χ4v) is 0.574. The molecular weight excluding hydrogens is 112 g/mol. The molecule has 0 atom stereocenters. The quantitative estimate of drug-likeness (QED) is 0.392. The highest BCUT2D eigenvalue weighted by molar-refractivity contribution is 5.51. The zero-order chi connectivity index (χ0) is 7.28. The van der Waals surface area contributed by atoms with E-state index < -0.39 is 0 Å². The molecule has 0 aromatic rings. The zero-order valence-corrected chi connectivity index (χ0v) is 6.89. The average Bonchev–Trinajstić information content (AvgIpc) is 1.63. The highest BCUT2D eigenvalue weighted by atomic mass is 15.0. The fraction of sp³-hybridized carbons (Fsp3) is 0.857. The second-order valence-corrected chi connectivity index (χ2v) is 2.74. The second kappa shape index (κ2) is 4.50. The van der Waals surface area contributed by atoms with E-state index in [4.69, 9.17) is 0 Å². The Hall–Kier alpha value is -0.370. The van der Waals surface area contributed by atoms with Gasteiger partial charge in [-0.15, -0.1) is 0 Å². The van der Waals surface area contributed by atoms with Crippen molar-refractivity contribution in [2.24, 2.45) is 0 Å². The van der Waals surface area contributed by atoms with Gasteiger partial charge in [-0.05, 0) is 14.1 Å². The standard InChI is InChI=1S/C7H17N2/c1-8(2)6-5-7-9(3)4/h6H,5,7H2,1-4H3/q+1. The molecule has 2 nitrogen and oxygen atoms in total. The Morgan fingerprint density at radius 2 is 1.89 bits per heavy atom. The monoisotopic (exact) mass is 129 g/mol. The topological polar surface area (TPSA) is 6.25 Å². The third kappa shape index (κ3) is 7.63. The Bertz CT molecular complexity index is 91.1. The lowest BCUT2D eigenvalue weighted by atomic mass is 10.4. The number of hydrogen-bond donors (Lipinski definition) is 0. The summed E-state index contributed by atoms with van der Waals surface area (Å²) in [7, 11) is 8.28. The minimum atomic E-state index is 1.14. The Morgan fingerprint density at radius 1 is 1.33 bits per heavy atom. The summed E-state index contributed by atoms with van der Waals surface area (Å²) in [5.41, 5.74) is 0. The number of nitrogens with zero attached hydrogens (tertiary/aromatic N) is 2. The Labute approximate surface area is 57.8 Å². The highest BCUT2D eigenvalue weighted by Crippen LogP contribution is 1.76. The molecule has 0 N–H and O–H groups in total. The SMILES string of the molecule is CN(C)CCC=[N+](C)C. The fourth-order valence-electron chi connectivity index (χ4n) is 0.574. The summed E-state index contributed by atoms with van der Waals surface area (Å²) in [5, 5.41) is 0. The van der Waals surface area contributed by atoms with Crippen molar-refractivity contribution < 1.29 is 4.58 Å². The van der Waals surface area contributed by atoms with Crippen LogP contribution < -0.4 is 0 Å². The molecule has 0 rings (SSSR count). The van der Waals surface area contributed by atoms with E-state index in [1.54, 1.807) is 0 Å². The molecule has 0 bridgehead atoms. The lowest BCUT2D eigenvalue weighted by molar-refractivity contribution is -0.460. The van der Waals surface area contributed by atoms with E-state index in [-0.39, 0.29) is 0 Å². The van der Waals surface area contributed by atoms with Crippen molar-refractivity contribution in [2.75, 3.05) is 34.7 Å². The highest BCUT2D eigenvalue weighted by Gasteiger charge is 1.88. The molecule has 0 aromatic heterocycles. The number of rotatable bonds is 3. The van der Waals surface area contributed by atoms with Crippen LogP contribution in [0.4, 0.5) is 0 Å². The molecule has 0 aliphatic rings. The lowest BCUT2D eigenvalue weighted by Gasteiger charge is -2.04. The van der Waals surface area contributed by atoms with Gasteiger partial charge >= 0.3 is 0 Å². The Kier molecular flexibility index (Phi) is 4.32. The largest absolute Gasteiger partial charge is 0.309 e. The average molecular weight is 129 g/mol. The molecule has 2 heteroatoms. The van der Waals surface area contributed by atoms with Gasteiger partial charge in [-0.2, -0.15) is 0 Å². The van der Waals surface area contributed by atoms with E-state index in [9.17, 15) is 0 Å². The molecule has 0 unspecified atom stereocenters. The molecule has 0 heterocycles. The summed E-state index contributed by atoms with van der Waals surface area (Å²) >= 11 is 0. The van der Waals surface area contributed by atoms with Crippen LogP contribution in [0.5, 0.6) is 0 Å². The van der Waals surface area contributed by atoms with Gasteiger partial charge in [0.15, 0.2) is 0 Å². The normalized spacial score (nSPS) is 9.89. The third-order valence-electron chi connectivity index (χ3n) is 1.07. The summed E-state index contributed by atoms with van der Waals surface area (Å²) in [5.74, 6) is 0. The van der Waals surface area contributed by atoms with E-state index >= 15 is 0 Å². The van der Waals surface area contributed by atoms with Gasteiger partial charge in [-0.1, -0.05) is 0 Å². The molecule has 0 saturated heterocycles. The van der Waals surface area contributed by atoms with Crippen LogP contribution in [0.25, 0.3) is 0 Å². The van der Waals surface area contributed by atoms with Gasteiger partial charge in [0, 0.05) is 13.0 Å². The molecule has 54 valence electrons. The van der Waals surface area contributed by atoms with E-state index in [0.717, 1.165) is 13.0 Å². The van der Waals surface area contributed by atoms with Crippen LogP contribution in [0.2, 0.25) is 0 Å². The first-order valence-corrected chi connectivity index (χ1v) is 3.27. The van der Waals surface area contributed by atoms with Gasteiger partial charge in [0.1, 0.15) is 20.3 Å². The van der Waals surface area contributed by atoms with Crippen molar-refractivity contribution in [1.82, 2.24) is 4.90 Å². The van der Waals surface area contributed by atoms with Gasteiger partial charge in [0.05, 0.1) is 0 Å². The van der Waals surface area contributed by atoms with E-state index in [1.165, 1.54) is 0 Å². The third-order valence-corrected chi connectivity index (χ3v) is 1.07. The molecule has 0 fully saturated rings. The molecule has 0 radical (unpaired) electrons. The molecule has 9 heavy (non-hydrogen) atoms. The van der Waals surface area contributed by atoms with E-state index in [0.29, 0.717) is 0 Å². The molecule has 0 aromatic carbocycles. The van der Waals surface area contributed by atoms with Crippen LogP contribution >= 0.6 is 0 Å². The first-order valence-electron chi connectivity index (χ1n) is 3.27. The van der Waals surface area contributed by atoms with Gasteiger partial charge in [-0.3, -0.25) is 0 Å². The molecule has 0 aliphatic carbocycles. The summed E-state index contributed by atoms with van der Waals surface area (Å²) in [6.45, 7) is 1.14. The van der Waals surface area contributed by atoms with Crippen molar-refractivity contribution in [1.29, 1.82) is 0 Å². The summed E-state index contributed by atoms with van der Waals surface area (Å²) < 4.78 is 2.09. The van der Waals surface area contributed by atoms with Crippen molar-refractivity contribution in [2.45, 2.75) is 6.42 Å². The molecule has 0 amide bonds. The van der Waals surface area contributed by atoms with Crippen LogP contribution in [0.1, 0.15) is 6.42 Å².